The lowest BCUT2D eigenvalue weighted by atomic mass is 9.83. The Labute approximate surface area is 118 Å². The standard InChI is InChI=1S/C17H26N2/c1-14(12-17(2,3)4)11-16(13-18)19(5)15-9-7-6-8-10-15/h6-10,14,16H,11-12H2,1-5H3/t14-,16+/m0/s1. The van der Waals surface area contributed by atoms with Crippen LogP contribution in [0.15, 0.2) is 30.3 Å². The van der Waals surface area contributed by atoms with Gasteiger partial charge >= 0.3 is 0 Å². The van der Waals surface area contributed by atoms with Crippen LogP contribution in [0.4, 0.5) is 5.69 Å². The molecule has 0 aliphatic carbocycles. The van der Waals surface area contributed by atoms with Crippen molar-refractivity contribution in [3.63, 3.8) is 0 Å². The molecule has 0 N–H and O–H groups in total. The van der Waals surface area contributed by atoms with E-state index in [-0.39, 0.29) is 6.04 Å². The number of hydrogen-bond acceptors (Lipinski definition) is 2. The summed E-state index contributed by atoms with van der Waals surface area (Å²) in [6.07, 6.45) is 2.06. The average Bonchev–Trinajstić information content (AvgIpc) is 2.34. The van der Waals surface area contributed by atoms with E-state index in [1.807, 2.05) is 25.2 Å². The van der Waals surface area contributed by atoms with Crippen LogP contribution in [0.3, 0.4) is 0 Å². The van der Waals surface area contributed by atoms with Gasteiger partial charge in [-0.2, -0.15) is 5.26 Å². The largest absolute Gasteiger partial charge is 0.359 e. The minimum atomic E-state index is -0.0558. The monoisotopic (exact) mass is 258 g/mol. The van der Waals surface area contributed by atoms with Crippen LogP contribution in [-0.4, -0.2) is 13.1 Å². The number of anilines is 1. The van der Waals surface area contributed by atoms with Gasteiger partial charge < -0.3 is 4.90 Å². The Hall–Kier alpha value is -1.49. The Kier molecular flexibility index (Phi) is 5.42. The van der Waals surface area contributed by atoms with Crippen molar-refractivity contribution in [1.82, 2.24) is 0 Å². The summed E-state index contributed by atoms with van der Waals surface area (Å²) in [5.41, 5.74) is 1.43. The molecule has 1 aromatic rings. The van der Waals surface area contributed by atoms with Gasteiger partial charge in [-0.25, -0.2) is 0 Å². The van der Waals surface area contributed by atoms with Gasteiger partial charge in [-0.3, -0.25) is 0 Å². The summed E-state index contributed by atoms with van der Waals surface area (Å²) >= 11 is 0. The van der Waals surface area contributed by atoms with E-state index in [2.05, 4.69) is 50.8 Å². The lowest BCUT2D eigenvalue weighted by molar-refractivity contribution is 0.292. The maximum atomic E-state index is 9.41. The van der Waals surface area contributed by atoms with Crippen LogP contribution < -0.4 is 4.90 Å². The molecule has 2 nitrogen and oxygen atoms in total. The molecule has 0 fully saturated rings. The highest BCUT2D eigenvalue weighted by Gasteiger charge is 2.21. The van der Waals surface area contributed by atoms with Crippen molar-refractivity contribution >= 4 is 5.69 Å². The van der Waals surface area contributed by atoms with Gasteiger partial charge in [0, 0.05) is 12.7 Å². The molecule has 0 aliphatic heterocycles. The topological polar surface area (TPSA) is 27.0 Å². The fourth-order valence-electron chi connectivity index (χ4n) is 2.65. The third-order valence-electron chi connectivity index (χ3n) is 3.37. The van der Waals surface area contributed by atoms with Crippen LogP contribution in [0, 0.1) is 22.7 Å². The minimum absolute atomic E-state index is 0.0558. The minimum Gasteiger partial charge on any atom is -0.359 e. The van der Waals surface area contributed by atoms with E-state index < -0.39 is 0 Å². The van der Waals surface area contributed by atoms with E-state index in [1.54, 1.807) is 0 Å². The van der Waals surface area contributed by atoms with Gasteiger partial charge in [0.05, 0.1) is 6.07 Å². The van der Waals surface area contributed by atoms with E-state index in [0.29, 0.717) is 11.3 Å². The summed E-state index contributed by atoms with van der Waals surface area (Å²) < 4.78 is 0. The molecule has 0 unspecified atom stereocenters. The highest BCUT2D eigenvalue weighted by molar-refractivity contribution is 5.47. The Balaban J connectivity index is 2.67. The van der Waals surface area contributed by atoms with Crippen molar-refractivity contribution in [2.24, 2.45) is 11.3 Å². The zero-order valence-corrected chi connectivity index (χ0v) is 12.9. The summed E-state index contributed by atoms with van der Waals surface area (Å²) in [6.45, 7) is 9.01. The van der Waals surface area contributed by atoms with Crippen LogP contribution in [0.25, 0.3) is 0 Å². The summed E-state index contributed by atoms with van der Waals surface area (Å²) in [5.74, 6) is 0.552. The molecule has 0 saturated heterocycles. The number of benzene rings is 1. The Morgan fingerprint density at radius 2 is 1.79 bits per heavy atom. The molecule has 0 amide bonds. The molecule has 1 rings (SSSR count). The molecule has 1 aromatic carbocycles. The van der Waals surface area contributed by atoms with Crippen molar-refractivity contribution < 1.29 is 0 Å². The van der Waals surface area contributed by atoms with E-state index in [0.717, 1.165) is 18.5 Å². The first-order valence-corrected chi connectivity index (χ1v) is 7.01. The van der Waals surface area contributed by atoms with E-state index in [9.17, 15) is 5.26 Å². The molecule has 2 heteroatoms. The first kappa shape index (κ1) is 15.6. The van der Waals surface area contributed by atoms with Crippen molar-refractivity contribution in [3.8, 4) is 6.07 Å². The molecule has 0 aromatic heterocycles. The second kappa shape index (κ2) is 6.61. The Bertz CT molecular complexity index is 411. The van der Waals surface area contributed by atoms with Gasteiger partial charge in [0.15, 0.2) is 0 Å². The van der Waals surface area contributed by atoms with Gasteiger partial charge in [-0.05, 0) is 36.3 Å². The summed E-state index contributed by atoms with van der Waals surface area (Å²) in [6, 6.07) is 12.5. The molecular weight excluding hydrogens is 232 g/mol. The molecule has 19 heavy (non-hydrogen) atoms. The lowest BCUT2D eigenvalue weighted by Gasteiger charge is -2.29. The highest BCUT2D eigenvalue weighted by Crippen LogP contribution is 2.28. The summed E-state index contributed by atoms with van der Waals surface area (Å²) in [7, 11) is 2.01. The van der Waals surface area contributed by atoms with Crippen LogP contribution in [0.5, 0.6) is 0 Å². The van der Waals surface area contributed by atoms with Gasteiger partial charge in [0.1, 0.15) is 6.04 Å². The maximum absolute atomic E-state index is 9.41. The number of hydrogen-bond donors (Lipinski definition) is 0. The highest BCUT2D eigenvalue weighted by atomic mass is 15.1. The third kappa shape index (κ3) is 5.34. The van der Waals surface area contributed by atoms with Crippen molar-refractivity contribution in [2.75, 3.05) is 11.9 Å². The molecule has 0 spiro atoms. The zero-order valence-electron chi connectivity index (χ0n) is 12.9. The van der Waals surface area contributed by atoms with Crippen molar-refractivity contribution in [2.45, 2.75) is 46.6 Å². The van der Waals surface area contributed by atoms with Crippen molar-refractivity contribution in [1.29, 1.82) is 5.26 Å². The quantitative estimate of drug-likeness (QED) is 0.778. The number of nitrogens with zero attached hydrogens (tertiary/aromatic N) is 2. The second-order valence-corrected chi connectivity index (χ2v) is 6.70. The summed E-state index contributed by atoms with van der Waals surface area (Å²) in [5, 5.41) is 9.41. The molecule has 0 aliphatic rings. The lowest BCUT2D eigenvalue weighted by Crippen LogP contribution is -2.32. The third-order valence-corrected chi connectivity index (χ3v) is 3.37. The van der Waals surface area contributed by atoms with E-state index in [4.69, 9.17) is 0 Å². The average molecular weight is 258 g/mol. The van der Waals surface area contributed by atoms with Crippen LogP contribution in [-0.2, 0) is 0 Å². The predicted molar refractivity (Wildman–Crippen MR) is 82.1 cm³/mol. The fourth-order valence-corrected chi connectivity index (χ4v) is 2.65. The molecule has 2 atom stereocenters. The van der Waals surface area contributed by atoms with Crippen LogP contribution in [0.1, 0.15) is 40.5 Å². The molecule has 0 saturated carbocycles. The molecular formula is C17H26N2. The van der Waals surface area contributed by atoms with Crippen LogP contribution >= 0.6 is 0 Å². The summed E-state index contributed by atoms with van der Waals surface area (Å²) in [4.78, 5) is 2.08. The number of nitriles is 1. The first-order valence-electron chi connectivity index (χ1n) is 7.01. The smallest absolute Gasteiger partial charge is 0.116 e. The Morgan fingerprint density at radius 1 is 1.21 bits per heavy atom. The van der Waals surface area contributed by atoms with Gasteiger partial charge in [-0.15, -0.1) is 0 Å². The molecule has 0 heterocycles. The number of rotatable bonds is 5. The predicted octanol–water partition coefficient (Wildman–Crippen LogP) is 4.48. The Morgan fingerprint density at radius 3 is 2.26 bits per heavy atom. The van der Waals surface area contributed by atoms with Gasteiger partial charge in [-0.1, -0.05) is 45.9 Å². The maximum Gasteiger partial charge on any atom is 0.116 e. The van der Waals surface area contributed by atoms with Crippen molar-refractivity contribution in [3.05, 3.63) is 30.3 Å². The molecule has 104 valence electrons. The first-order chi connectivity index (χ1) is 8.83. The van der Waals surface area contributed by atoms with E-state index >= 15 is 0 Å². The van der Waals surface area contributed by atoms with Gasteiger partial charge in [0.25, 0.3) is 0 Å². The van der Waals surface area contributed by atoms with Crippen LogP contribution in [0.2, 0.25) is 0 Å². The SMILES string of the molecule is C[C@@H](C[C@H](C#N)N(C)c1ccccc1)CC(C)(C)C. The normalized spacial score (nSPS) is 14.5. The zero-order chi connectivity index (χ0) is 14.5. The molecule has 0 radical (unpaired) electrons. The molecule has 0 bridgehead atoms. The fraction of sp³-hybridized carbons (Fsp3) is 0.588. The van der Waals surface area contributed by atoms with E-state index in [1.165, 1.54) is 0 Å². The van der Waals surface area contributed by atoms with Gasteiger partial charge in [0.2, 0.25) is 0 Å². The second-order valence-electron chi connectivity index (χ2n) is 6.70. The number of para-hydroxylation sites is 1.